The quantitative estimate of drug-likeness (QED) is 0.587. The van der Waals surface area contributed by atoms with Crippen molar-refractivity contribution >= 4 is 17.8 Å². The molecule has 1 N–H and O–H groups in total. The number of benzene rings is 2. The molecule has 0 bridgehead atoms. The van der Waals surface area contributed by atoms with Crippen molar-refractivity contribution in [3.05, 3.63) is 60.2 Å². The number of hydrogen-bond donors (Lipinski definition) is 1. The normalized spacial score (nSPS) is 16.8. The summed E-state index contributed by atoms with van der Waals surface area (Å²) in [5.74, 6) is 2.32. The van der Waals surface area contributed by atoms with Crippen LogP contribution >= 0.6 is 0 Å². The fourth-order valence-corrected chi connectivity index (χ4v) is 4.53. The molecule has 3 heterocycles. The molecule has 32 heavy (non-hydrogen) atoms. The van der Waals surface area contributed by atoms with Gasteiger partial charge in [0.1, 0.15) is 0 Å². The van der Waals surface area contributed by atoms with E-state index in [-0.39, 0.29) is 0 Å². The number of piperidine rings is 2. The van der Waals surface area contributed by atoms with Gasteiger partial charge in [-0.15, -0.1) is 0 Å². The molecule has 3 aromatic rings. The largest absolute Gasteiger partial charge is 0.350 e. The van der Waals surface area contributed by atoms with Gasteiger partial charge in [0.2, 0.25) is 17.8 Å². The summed E-state index contributed by atoms with van der Waals surface area (Å²) in [4.78, 5) is 19.1. The number of rotatable bonds is 6. The maximum atomic E-state index is 4.87. The van der Waals surface area contributed by atoms with Crippen LogP contribution in [0.1, 0.15) is 44.1 Å². The van der Waals surface area contributed by atoms with Crippen LogP contribution in [-0.2, 0) is 6.54 Å². The Kier molecular flexibility index (Phi) is 6.47. The predicted molar refractivity (Wildman–Crippen MR) is 131 cm³/mol. The molecule has 6 nitrogen and oxygen atoms in total. The van der Waals surface area contributed by atoms with E-state index < -0.39 is 0 Å². The molecule has 2 saturated heterocycles. The van der Waals surface area contributed by atoms with Crippen LogP contribution in [0.15, 0.2) is 54.6 Å². The molecule has 0 spiro atoms. The van der Waals surface area contributed by atoms with Gasteiger partial charge in [-0.3, -0.25) is 0 Å². The summed E-state index contributed by atoms with van der Waals surface area (Å²) in [6, 6.07) is 19.2. The number of anilines is 3. The number of nitrogens with one attached hydrogen (secondary N) is 1. The Morgan fingerprint density at radius 1 is 0.594 bits per heavy atom. The van der Waals surface area contributed by atoms with Crippen molar-refractivity contribution in [1.82, 2.24) is 15.0 Å². The van der Waals surface area contributed by atoms with Crippen LogP contribution in [0.5, 0.6) is 0 Å². The van der Waals surface area contributed by atoms with E-state index in [4.69, 9.17) is 15.0 Å². The molecule has 0 atom stereocenters. The second-order valence-corrected chi connectivity index (χ2v) is 8.77. The molecule has 2 aliphatic rings. The zero-order chi connectivity index (χ0) is 21.6. The van der Waals surface area contributed by atoms with Crippen molar-refractivity contribution in [3.63, 3.8) is 0 Å². The third-order valence-electron chi connectivity index (χ3n) is 6.40. The van der Waals surface area contributed by atoms with Gasteiger partial charge in [0.15, 0.2) is 0 Å². The minimum atomic E-state index is 0.674. The first-order chi connectivity index (χ1) is 15.8. The van der Waals surface area contributed by atoms with Gasteiger partial charge in [0.05, 0.1) is 0 Å². The van der Waals surface area contributed by atoms with Gasteiger partial charge < -0.3 is 15.1 Å². The van der Waals surface area contributed by atoms with Gasteiger partial charge in [0, 0.05) is 32.7 Å². The molecule has 0 amide bonds. The Morgan fingerprint density at radius 3 is 1.69 bits per heavy atom. The monoisotopic (exact) mass is 428 g/mol. The lowest BCUT2D eigenvalue weighted by Gasteiger charge is -2.30. The Labute approximate surface area is 190 Å². The second kappa shape index (κ2) is 9.98. The summed E-state index contributed by atoms with van der Waals surface area (Å²) in [7, 11) is 0. The maximum Gasteiger partial charge on any atom is 0.231 e. The minimum absolute atomic E-state index is 0.674. The first kappa shape index (κ1) is 20.7. The van der Waals surface area contributed by atoms with Crippen molar-refractivity contribution in [1.29, 1.82) is 0 Å². The van der Waals surface area contributed by atoms with Crippen molar-refractivity contribution in [2.24, 2.45) is 0 Å². The van der Waals surface area contributed by atoms with Gasteiger partial charge in [-0.2, -0.15) is 15.0 Å². The molecular weight excluding hydrogens is 396 g/mol. The first-order valence-corrected chi connectivity index (χ1v) is 12.0. The van der Waals surface area contributed by atoms with Crippen LogP contribution in [0.4, 0.5) is 17.8 Å². The average Bonchev–Trinajstić information content (AvgIpc) is 2.89. The van der Waals surface area contributed by atoms with Crippen molar-refractivity contribution in [3.8, 4) is 11.1 Å². The van der Waals surface area contributed by atoms with E-state index in [0.717, 1.165) is 38.1 Å². The molecule has 1 aromatic heterocycles. The molecule has 5 rings (SSSR count). The first-order valence-electron chi connectivity index (χ1n) is 12.0. The lowest BCUT2D eigenvalue weighted by Crippen LogP contribution is -2.34. The van der Waals surface area contributed by atoms with E-state index in [2.05, 4.69) is 63.6 Å². The van der Waals surface area contributed by atoms with Crippen LogP contribution in [0.2, 0.25) is 0 Å². The zero-order valence-corrected chi connectivity index (χ0v) is 18.7. The van der Waals surface area contributed by atoms with Gasteiger partial charge in [-0.25, -0.2) is 0 Å². The highest BCUT2D eigenvalue weighted by molar-refractivity contribution is 5.63. The molecule has 166 valence electrons. The molecule has 0 unspecified atom stereocenters. The lowest BCUT2D eigenvalue weighted by atomic mass is 10.0. The summed E-state index contributed by atoms with van der Waals surface area (Å²) in [6.07, 6.45) is 7.43. The summed E-state index contributed by atoms with van der Waals surface area (Å²) >= 11 is 0. The van der Waals surface area contributed by atoms with E-state index in [9.17, 15) is 0 Å². The smallest absolute Gasteiger partial charge is 0.231 e. The summed E-state index contributed by atoms with van der Waals surface area (Å²) < 4.78 is 0. The van der Waals surface area contributed by atoms with Crippen molar-refractivity contribution in [2.75, 3.05) is 41.3 Å². The molecule has 2 fully saturated rings. The van der Waals surface area contributed by atoms with Gasteiger partial charge in [0.25, 0.3) is 0 Å². The van der Waals surface area contributed by atoms with Crippen molar-refractivity contribution < 1.29 is 0 Å². The van der Waals surface area contributed by atoms with E-state index in [0.29, 0.717) is 12.5 Å². The lowest BCUT2D eigenvalue weighted by molar-refractivity contribution is 0.556. The zero-order valence-electron chi connectivity index (χ0n) is 18.7. The topological polar surface area (TPSA) is 57.2 Å². The van der Waals surface area contributed by atoms with Crippen molar-refractivity contribution in [2.45, 2.75) is 45.1 Å². The Balaban J connectivity index is 1.32. The van der Waals surface area contributed by atoms with Crippen LogP contribution in [0.25, 0.3) is 11.1 Å². The fraction of sp³-hybridized carbons (Fsp3) is 0.423. The van der Waals surface area contributed by atoms with E-state index >= 15 is 0 Å². The minimum Gasteiger partial charge on any atom is -0.350 e. The van der Waals surface area contributed by atoms with Gasteiger partial charge in [-0.05, 0) is 55.2 Å². The SMILES string of the molecule is c1ccc(-c2ccc(CNc3nc(N4CCCCC4)nc(N4CCCCC4)n3)cc2)cc1. The Bertz CT molecular complexity index is 956. The molecule has 2 aliphatic heterocycles. The van der Waals surface area contributed by atoms with Crippen LogP contribution in [-0.4, -0.2) is 41.1 Å². The summed E-state index contributed by atoms with van der Waals surface area (Å²) in [5.41, 5.74) is 3.68. The van der Waals surface area contributed by atoms with E-state index in [1.807, 2.05) is 6.07 Å². The fourth-order valence-electron chi connectivity index (χ4n) is 4.53. The van der Waals surface area contributed by atoms with Gasteiger partial charge in [-0.1, -0.05) is 54.6 Å². The molecule has 0 saturated carbocycles. The summed E-state index contributed by atoms with van der Waals surface area (Å²) in [5, 5.41) is 3.46. The van der Waals surface area contributed by atoms with Crippen LogP contribution < -0.4 is 15.1 Å². The van der Waals surface area contributed by atoms with E-state index in [1.54, 1.807) is 0 Å². The highest BCUT2D eigenvalue weighted by Crippen LogP contribution is 2.23. The third kappa shape index (κ3) is 5.01. The molecule has 0 radical (unpaired) electrons. The molecule has 6 heteroatoms. The van der Waals surface area contributed by atoms with Crippen LogP contribution in [0.3, 0.4) is 0 Å². The molecular formula is C26H32N6. The number of hydrogen-bond acceptors (Lipinski definition) is 6. The summed E-state index contributed by atoms with van der Waals surface area (Å²) in [6.45, 7) is 4.82. The molecule has 0 aliphatic carbocycles. The standard InChI is InChI=1S/C26H32N6/c1-4-10-22(11-5-1)23-14-12-21(13-15-23)20-27-24-28-25(31-16-6-2-7-17-31)30-26(29-24)32-18-8-3-9-19-32/h1,4-5,10-15H,2-3,6-9,16-20H2,(H,27,28,29,30). The average molecular weight is 429 g/mol. The molecule has 2 aromatic carbocycles. The van der Waals surface area contributed by atoms with Gasteiger partial charge >= 0.3 is 0 Å². The Morgan fingerprint density at radius 2 is 1.12 bits per heavy atom. The number of nitrogens with zero attached hydrogens (tertiary/aromatic N) is 5. The second-order valence-electron chi connectivity index (χ2n) is 8.77. The third-order valence-corrected chi connectivity index (χ3v) is 6.40. The maximum absolute atomic E-state index is 4.87. The predicted octanol–water partition coefficient (Wildman–Crippen LogP) is 5.13. The highest BCUT2D eigenvalue weighted by Gasteiger charge is 2.20. The number of aromatic nitrogens is 3. The Hall–Kier alpha value is -3.15. The highest BCUT2D eigenvalue weighted by atomic mass is 15.4. The van der Waals surface area contributed by atoms with Crippen LogP contribution in [0, 0.1) is 0 Å². The van der Waals surface area contributed by atoms with E-state index in [1.165, 1.54) is 55.2 Å².